The molecule has 2 heterocycles. The van der Waals surface area contributed by atoms with Gasteiger partial charge in [0.1, 0.15) is 11.9 Å². The van der Waals surface area contributed by atoms with E-state index in [0.717, 1.165) is 47.5 Å². The van der Waals surface area contributed by atoms with Crippen LogP contribution in [0.5, 0.6) is 11.5 Å². The number of aromatic nitrogens is 2. The lowest BCUT2D eigenvalue weighted by Gasteiger charge is -2.16. The molecule has 0 bridgehead atoms. The number of benzene rings is 3. The molecule has 4 aromatic rings. The summed E-state index contributed by atoms with van der Waals surface area (Å²) in [4.78, 5) is 12.4. The second kappa shape index (κ2) is 11.3. The van der Waals surface area contributed by atoms with E-state index in [4.69, 9.17) is 14.2 Å². The van der Waals surface area contributed by atoms with Gasteiger partial charge in [0.15, 0.2) is 11.5 Å². The Kier molecular flexibility index (Phi) is 7.62. The third-order valence-corrected chi connectivity index (χ3v) is 7.60. The standard InChI is InChI=1S/C28H26FN3O6S/c1-36-26-11-6-21(16-27(26)38-23-13-15-37-18-23)25-12-14-30-32(25)17-19-2-4-20(5-3-19)28(33)31-39(34,35)24-9-7-22(29)8-10-24/h2-12,14,16,23H,13,15,17-18H2,1H3,(H,31,33)/t23-/m1/s1. The molecule has 1 aliphatic rings. The van der Waals surface area contributed by atoms with Crippen LogP contribution >= 0.6 is 0 Å². The number of hydrogen-bond acceptors (Lipinski definition) is 7. The summed E-state index contributed by atoms with van der Waals surface area (Å²) in [5, 5.41) is 4.45. The lowest BCUT2D eigenvalue weighted by molar-refractivity contribution is 0.0981. The minimum absolute atomic E-state index is 0.0274. The first-order valence-corrected chi connectivity index (χ1v) is 13.7. The minimum Gasteiger partial charge on any atom is -0.493 e. The van der Waals surface area contributed by atoms with E-state index in [9.17, 15) is 17.6 Å². The van der Waals surface area contributed by atoms with Crippen LogP contribution in [0.1, 0.15) is 22.3 Å². The molecule has 0 spiro atoms. The molecule has 0 unspecified atom stereocenters. The number of rotatable bonds is 9. The normalized spacial score (nSPS) is 15.2. The smallest absolute Gasteiger partial charge is 0.264 e. The van der Waals surface area contributed by atoms with Crippen LogP contribution in [0.15, 0.2) is 83.9 Å². The van der Waals surface area contributed by atoms with Crippen molar-refractivity contribution >= 4 is 15.9 Å². The number of sulfonamides is 1. The van der Waals surface area contributed by atoms with E-state index in [1.807, 2.05) is 33.7 Å². The highest BCUT2D eigenvalue weighted by molar-refractivity contribution is 7.90. The van der Waals surface area contributed by atoms with Crippen molar-refractivity contribution in [1.82, 2.24) is 14.5 Å². The number of halogens is 1. The van der Waals surface area contributed by atoms with Crippen LogP contribution in [-0.2, 0) is 21.3 Å². The molecule has 11 heteroatoms. The van der Waals surface area contributed by atoms with E-state index in [1.54, 1.807) is 25.4 Å². The maximum Gasteiger partial charge on any atom is 0.264 e. The fraction of sp³-hybridized carbons (Fsp3) is 0.214. The highest BCUT2D eigenvalue weighted by Gasteiger charge is 2.21. The number of methoxy groups -OCH3 is 1. The van der Waals surface area contributed by atoms with Crippen LogP contribution in [0, 0.1) is 5.82 Å². The molecule has 0 radical (unpaired) electrons. The Morgan fingerprint density at radius 2 is 1.85 bits per heavy atom. The molecule has 3 aromatic carbocycles. The molecule has 1 amide bonds. The number of carbonyl (C=O) groups excluding carboxylic acids is 1. The summed E-state index contributed by atoms with van der Waals surface area (Å²) < 4.78 is 58.8. The summed E-state index contributed by atoms with van der Waals surface area (Å²) in [6.07, 6.45) is 2.49. The third kappa shape index (κ3) is 6.10. The lowest BCUT2D eigenvalue weighted by Crippen LogP contribution is -2.30. The molecule has 1 N–H and O–H groups in total. The van der Waals surface area contributed by atoms with Crippen LogP contribution in [0.2, 0.25) is 0 Å². The topological polar surface area (TPSA) is 109 Å². The molecule has 39 heavy (non-hydrogen) atoms. The van der Waals surface area contributed by atoms with E-state index in [-0.39, 0.29) is 16.6 Å². The van der Waals surface area contributed by atoms with Gasteiger partial charge in [0.25, 0.3) is 15.9 Å². The van der Waals surface area contributed by atoms with Crippen LogP contribution in [0.4, 0.5) is 4.39 Å². The van der Waals surface area contributed by atoms with Crippen molar-refractivity contribution in [3.05, 3.63) is 95.9 Å². The molecule has 0 aliphatic carbocycles. The average molecular weight is 552 g/mol. The first-order valence-electron chi connectivity index (χ1n) is 12.2. The van der Waals surface area contributed by atoms with Gasteiger partial charge in [-0.25, -0.2) is 17.5 Å². The fourth-order valence-corrected chi connectivity index (χ4v) is 5.18. The molecule has 1 aromatic heterocycles. The van der Waals surface area contributed by atoms with Crippen molar-refractivity contribution < 1.29 is 31.8 Å². The van der Waals surface area contributed by atoms with Gasteiger partial charge in [-0.3, -0.25) is 9.48 Å². The third-order valence-electron chi connectivity index (χ3n) is 6.26. The van der Waals surface area contributed by atoms with Gasteiger partial charge in [0.05, 0.1) is 37.5 Å². The van der Waals surface area contributed by atoms with Crippen molar-refractivity contribution in [2.24, 2.45) is 0 Å². The van der Waals surface area contributed by atoms with E-state index in [1.165, 1.54) is 12.1 Å². The largest absolute Gasteiger partial charge is 0.493 e. The van der Waals surface area contributed by atoms with Crippen LogP contribution in [0.3, 0.4) is 0 Å². The van der Waals surface area contributed by atoms with Crippen molar-refractivity contribution in [3.8, 4) is 22.8 Å². The van der Waals surface area contributed by atoms with Gasteiger partial charge in [-0.1, -0.05) is 12.1 Å². The van der Waals surface area contributed by atoms with E-state index < -0.39 is 21.7 Å². The molecule has 1 aliphatic heterocycles. The van der Waals surface area contributed by atoms with Crippen LogP contribution in [-0.4, -0.2) is 50.5 Å². The molecule has 9 nitrogen and oxygen atoms in total. The van der Waals surface area contributed by atoms with Crippen molar-refractivity contribution in [3.63, 3.8) is 0 Å². The second-order valence-electron chi connectivity index (χ2n) is 8.93. The molecule has 1 saturated heterocycles. The lowest BCUT2D eigenvalue weighted by atomic mass is 10.1. The Labute approximate surface area is 225 Å². The minimum atomic E-state index is -4.13. The molecule has 1 atom stereocenters. The van der Waals surface area contributed by atoms with Crippen LogP contribution in [0.25, 0.3) is 11.3 Å². The first-order chi connectivity index (χ1) is 18.8. The zero-order chi connectivity index (χ0) is 27.4. The van der Waals surface area contributed by atoms with Gasteiger partial charge < -0.3 is 14.2 Å². The van der Waals surface area contributed by atoms with E-state index in [0.29, 0.717) is 31.3 Å². The van der Waals surface area contributed by atoms with Gasteiger partial charge in [0.2, 0.25) is 0 Å². The summed E-state index contributed by atoms with van der Waals surface area (Å²) >= 11 is 0. The molecule has 202 valence electrons. The zero-order valence-corrected chi connectivity index (χ0v) is 21.9. The highest BCUT2D eigenvalue weighted by Crippen LogP contribution is 2.34. The van der Waals surface area contributed by atoms with E-state index in [2.05, 4.69) is 5.10 Å². The Morgan fingerprint density at radius 3 is 2.54 bits per heavy atom. The quantitative estimate of drug-likeness (QED) is 0.335. The molecule has 0 saturated carbocycles. The Hall–Kier alpha value is -4.22. The van der Waals surface area contributed by atoms with Gasteiger partial charge in [-0.15, -0.1) is 0 Å². The number of hydrogen-bond donors (Lipinski definition) is 1. The zero-order valence-electron chi connectivity index (χ0n) is 21.0. The molecular formula is C28H26FN3O6S. The number of nitrogens with zero attached hydrogens (tertiary/aromatic N) is 2. The second-order valence-corrected chi connectivity index (χ2v) is 10.6. The maximum absolute atomic E-state index is 13.1. The molecule has 1 fully saturated rings. The summed E-state index contributed by atoms with van der Waals surface area (Å²) in [6, 6.07) is 18.3. The summed E-state index contributed by atoms with van der Waals surface area (Å²) in [5.74, 6) is -0.101. The Bertz CT molecular complexity index is 1560. The predicted octanol–water partition coefficient (Wildman–Crippen LogP) is 4.03. The highest BCUT2D eigenvalue weighted by atomic mass is 32.2. The number of nitrogens with one attached hydrogen (secondary N) is 1. The predicted molar refractivity (Wildman–Crippen MR) is 141 cm³/mol. The molecule has 5 rings (SSSR count). The van der Waals surface area contributed by atoms with Crippen molar-refractivity contribution in [1.29, 1.82) is 0 Å². The first kappa shape index (κ1) is 26.4. The fourth-order valence-electron chi connectivity index (χ4n) is 4.21. The van der Waals surface area contributed by atoms with Gasteiger partial charge in [0, 0.05) is 23.7 Å². The average Bonchev–Trinajstić information content (AvgIpc) is 3.61. The summed E-state index contributed by atoms with van der Waals surface area (Å²) in [5.41, 5.74) is 2.77. The van der Waals surface area contributed by atoms with Crippen molar-refractivity contribution in [2.75, 3.05) is 20.3 Å². The van der Waals surface area contributed by atoms with Gasteiger partial charge in [-0.2, -0.15) is 5.10 Å². The summed E-state index contributed by atoms with van der Waals surface area (Å²) in [7, 11) is -2.54. The Morgan fingerprint density at radius 1 is 1.08 bits per heavy atom. The number of amides is 1. The number of carbonyl (C=O) groups is 1. The Balaban J connectivity index is 1.29. The maximum atomic E-state index is 13.1. The van der Waals surface area contributed by atoms with Gasteiger partial charge in [-0.05, 0) is 66.2 Å². The molecular weight excluding hydrogens is 525 g/mol. The van der Waals surface area contributed by atoms with Crippen molar-refractivity contribution in [2.45, 2.75) is 24.0 Å². The van der Waals surface area contributed by atoms with Crippen LogP contribution < -0.4 is 14.2 Å². The van der Waals surface area contributed by atoms with Gasteiger partial charge >= 0.3 is 0 Å². The summed E-state index contributed by atoms with van der Waals surface area (Å²) in [6.45, 7) is 1.62. The SMILES string of the molecule is COc1ccc(-c2ccnn2Cc2ccc(C(=O)NS(=O)(=O)c3ccc(F)cc3)cc2)cc1O[C@@H]1CCOC1. The van der Waals surface area contributed by atoms with E-state index >= 15 is 0 Å². The monoisotopic (exact) mass is 551 g/mol. The number of ether oxygens (including phenoxy) is 3.